The summed E-state index contributed by atoms with van der Waals surface area (Å²) >= 11 is 0. The number of fused-ring (bicyclic) bond motifs is 1. The number of aliphatic carboxylic acids is 1. The van der Waals surface area contributed by atoms with Gasteiger partial charge in [-0.2, -0.15) is 0 Å². The summed E-state index contributed by atoms with van der Waals surface area (Å²) in [7, 11) is 0. The van der Waals surface area contributed by atoms with E-state index < -0.39 is 17.4 Å². The van der Waals surface area contributed by atoms with E-state index in [9.17, 15) is 19.5 Å². The van der Waals surface area contributed by atoms with Crippen molar-refractivity contribution in [1.29, 1.82) is 0 Å². The number of nitrogens with one attached hydrogen (secondary N) is 1. The van der Waals surface area contributed by atoms with E-state index >= 15 is 0 Å². The van der Waals surface area contributed by atoms with Gasteiger partial charge in [0.05, 0.1) is 5.41 Å². The van der Waals surface area contributed by atoms with E-state index in [1.165, 1.54) is 0 Å². The van der Waals surface area contributed by atoms with Crippen LogP contribution in [0.5, 0.6) is 0 Å². The molecule has 0 bridgehead atoms. The first-order chi connectivity index (χ1) is 9.03. The fourth-order valence-electron chi connectivity index (χ4n) is 3.83. The van der Waals surface area contributed by atoms with Crippen molar-refractivity contribution in [3.63, 3.8) is 0 Å². The maximum absolute atomic E-state index is 12.3. The molecular formula is C13H18N2O4. The third-order valence-corrected chi connectivity index (χ3v) is 4.90. The van der Waals surface area contributed by atoms with E-state index in [4.69, 9.17) is 0 Å². The van der Waals surface area contributed by atoms with Crippen molar-refractivity contribution in [2.75, 3.05) is 13.1 Å². The van der Waals surface area contributed by atoms with Gasteiger partial charge in [0.25, 0.3) is 0 Å². The molecule has 3 rings (SSSR count). The average molecular weight is 266 g/mol. The number of carboxylic acid groups (broad SMARTS) is 1. The molecule has 6 heteroatoms. The lowest BCUT2D eigenvalue weighted by Gasteiger charge is -2.24. The summed E-state index contributed by atoms with van der Waals surface area (Å²) in [4.78, 5) is 36.7. The zero-order valence-electron chi connectivity index (χ0n) is 10.7. The van der Waals surface area contributed by atoms with Crippen LogP contribution in [0.3, 0.4) is 0 Å². The van der Waals surface area contributed by atoms with E-state index in [0.717, 1.165) is 12.8 Å². The smallest absolute Gasteiger partial charge is 0.311 e. The highest BCUT2D eigenvalue weighted by atomic mass is 16.4. The Kier molecular flexibility index (Phi) is 2.76. The minimum Gasteiger partial charge on any atom is -0.481 e. The summed E-state index contributed by atoms with van der Waals surface area (Å²) < 4.78 is 0. The highest BCUT2D eigenvalue weighted by molar-refractivity contribution is 5.91. The Morgan fingerprint density at radius 1 is 1.37 bits per heavy atom. The molecule has 2 aliphatic heterocycles. The number of carbonyl (C=O) groups is 3. The molecule has 0 radical (unpaired) electrons. The first-order valence-electron chi connectivity index (χ1n) is 6.84. The maximum atomic E-state index is 12.3. The largest absolute Gasteiger partial charge is 0.481 e. The van der Waals surface area contributed by atoms with Crippen molar-refractivity contribution in [1.82, 2.24) is 10.2 Å². The van der Waals surface area contributed by atoms with Gasteiger partial charge in [-0.05, 0) is 25.2 Å². The molecule has 6 nitrogen and oxygen atoms in total. The maximum Gasteiger partial charge on any atom is 0.311 e. The lowest BCUT2D eigenvalue weighted by molar-refractivity contribution is -0.149. The van der Waals surface area contributed by atoms with Crippen LogP contribution in [-0.4, -0.2) is 46.9 Å². The topological polar surface area (TPSA) is 86.7 Å². The molecule has 3 atom stereocenters. The monoisotopic (exact) mass is 266 g/mol. The molecule has 0 aromatic heterocycles. The first kappa shape index (κ1) is 12.4. The van der Waals surface area contributed by atoms with Crippen LogP contribution in [0.15, 0.2) is 0 Å². The zero-order valence-corrected chi connectivity index (χ0v) is 10.7. The standard InChI is InChI=1S/C13H18N2O4/c16-10-4-3-9(14-10)11(17)15-6-8-2-1-5-13(8,7-15)12(18)19/h8-9H,1-7H2,(H,14,16)(H,18,19)/t8-,9-,13+/m0/s1. The molecule has 3 aliphatic rings. The fraction of sp³-hybridized carbons (Fsp3) is 0.769. The van der Waals surface area contributed by atoms with Crippen LogP contribution in [0.4, 0.5) is 0 Å². The number of carboxylic acids is 1. The Morgan fingerprint density at radius 3 is 2.74 bits per heavy atom. The Balaban J connectivity index is 1.73. The summed E-state index contributed by atoms with van der Waals surface area (Å²) in [6.45, 7) is 0.829. The Morgan fingerprint density at radius 2 is 2.16 bits per heavy atom. The SMILES string of the molecule is O=C1CC[C@@H](C(=O)N2C[C@@H]3CCC[C@@]3(C(=O)O)C2)N1. The number of hydrogen-bond donors (Lipinski definition) is 2. The minimum atomic E-state index is -0.777. The second-order valence-corrected chi connectivity index (χ2v) is 5.93. The van der Waals surface area contributed by atoms with E-state index in [1.807, 2.05) is 0 Å². The molecule has 104 valence electrons. The van der Waals surface area contributed by atoms with Crippen LogP contribution in [0.2, 0.25) is 0 Å². The first-order valence-corrected chi connectivity index (χ1v) is 6.84. The quantitative estimate of drug-likeness (QED) is 0.735. The molecule has 0 unspecified atom stereocenters. The summed E-state index contributed by atoms with van der Waals surface area (Å²) in [6, 6.07) is -0.447. The number of likely N-dealkylation sites (tertiary alicyclic amines) is 1. The molecule has 0 spiro atoms. The van der Waals surface area contributed by atoms with E-state index in [1.54, 1.807) is 4.90 Å². The normalized spacial score (nSPS) is 37.3. The lowest BCUT2D eigenvalue weighted by Crippen LogP contribution is -2.45. The van der Waals surface area contributed by atoms with Gasteiger partial charge in [0, 0.05) is 19.5 Å². The van der Waals surface area contributed by atoms with Crippen molar-refractivity contribution in [2.24, 2.45) is 11.3 Å². The highest BCUT2D eigenvalue weighted by Crippen LogP contribution is 2.49. The number of rotatable bonds is 2. The molecule has 2 amide bonds. The average Bonchev–Trinajstić information content (AvgIpc) is 3.00. The molecule has 19 heavy (non-hydrogen) atoms. The molecule has 0 aromatic carbocycles. The number of amides is 2. The Bertz CT molecular complexity index is 450. The van der Waals surface area contributed by atoms with Gasteiger partial charge >= 0.3 is 5.97 Å². The minimum absolute atomic E-state index is 0.0751. The summed E-state index contributed by atoms with van der Waals surface area (Å²) in [5, 5.41) is 12.1. The van der Waals surface area contributed by atoms with Gasteiger partial charge in [-0.25, -0.2) is 0 Å². The van der Waals surface area contributed by atoms with Gasteiger partial charge in [0.15, 0.2) is 0 Å². The summed E-state index contributed by atoms with van der Waals surface area (Å²) in [5.41, 5.74) is -0.738. The van der Waals surface area contributed by atoms with Crippen LogP contribution in [0.25, 0.3) is 0 Å². The number of nitrogens with zero attached hydrogens (tertiary/aromatic N) is 1. The molecule has 3 fully saturated rings. The fourth-order valence-corrected chi connectivity index (χ4v) is 3.83. The van der Waals surface area contributed by atoms with Crippen LogP contribution in [0, 0.1) is 11.3 Å². The van der Waals surface area contributed by atoms with Crippen LogP contribution in [0.1, 0.15) is 32.1 Å². The van der Waals surface area contributed by atoms with E-state index in [-0.39, 0.29) is 17.7 Å². The lowest BCUT2D eigenvalue weighted by atomic mass is 9.81. The molecule has 1 saturated carbocycles. The van der Waals surface area contributed by atoms with E-state index in [0.29, 0.717) is 32.4 Å². The summed E-state index contributed by atoms with van der Waals surface area (Å²) in [5.74, 6) is -0.904. The second kappa shape index (κ2) is 4.21. The third-order valence-electron chi connectivity index (χ3n) is 4.90. The van der Waals surface area contributed by atoms with Crippen molar-refractivity contribution in [3.8, 4) is 0 Å². The summed E-state index contributed by atoms with van der Waals surface area (Å²) in [6.07, 6.45) is 3.39. The Labute approximate surface area is 111 Å². The molecule has 1 aliphatic carbocycles. The van der Waals surface area contributed by atoms with E-state index in [2.05, 4.69) is 5.32 Å². The Hall–Kier alpha value is -1.59. The van der Waals surface area contributed by atoms with Crippen LogP contribution in [-0.2, 0) is 14.4 Å². The van der Waals surface area contributed by atoms with Crippen molar-refractivity contribution < 1.29 is 19.5 Å². The van der Waals surface area contributed by atoms with Crippen molar-refractivity contribution in [3.05, 3.63) is 0 Å². The van der Waals surface area contributed by atoms with Gasteiger partial charge in [0.2, 0.25) is 11.8 Å². The predicted octanol–water partition coefficient (Wildman–Crippen LogP) is -0.0217. The van der Waals surface area contributed by atoms with Gasteiger partial charge in [0.1, 0.15) is 6.04 Å². The predicted molar refractivity (Wildman–Crippen MR) is 65.2 cm³/mol. The molecule has 2 saturated heterocycles. The van der Waals surface area contributed by atoms with Gasteiger partial charge in [-0.3, -0.25) is 14.4 Å². The van der Waals surface area contributed by atoms with Crippen molar-refractivity contribution in [2.45, 2.75) is 38.1 Å². The number of hydrogen-bond acceptors (Lipinski definition) is 3. The highest BCUT2D eigenvalue weighted by Gasteiger charge is 2.56. The third kappa shape index (κ3) is 1.81. The van der Waals surface area contributed by atoms with Crippen LogP contribution >= 0.6 is 0 Å². The van der Waals surface area contributed by atoms with Gasteiger partial charge < -0.3 is 15.3 Å². The van der Waals surface area contributed by atoms with Crippen molar-refractivity contribution >= 4 is 17.8 Å². The molecular weight excluding hydrogens is 248 g/mol. The van der Waals surface area contributed by atoms with Crippen LogP contribution < -0.4 is 5.32 Å². The number of carbonyl (C=O) groups excluding carboxylic acids is 2. The second-order valence-electron chi connectivity index (χ2n) is 5.93. The molecule has 0 aromatic rings. The van der Waals surface area contributed by atoms with Gasteiger partial charge in [-0.1, -0.05) is 6.42 Å². The zero-order chi connectivity index (χ0) is 13.6. The molecule has 2 heterocycles. The van der Waals surface area contributed by atoms with Gasteiger partial charge in [-0.15, -0.1) is 0 Å². The molecule has 2 N–H and O–H groups in total.